The van der Waals surface area contributed by atoms with Crippen LogP contribution in [0.3, 0.4) is 0 Å². The van der Waals surface area contributed by atoms with Crippen LogP contribution in [0.25, 0.3) is 11.1 Å². The maximum absolute atomic E-state index is 12.9. The molecular formula is C22H22F3N3O3. The highest BCUT2D eigenvalue weighted by atomic mass is 19.4. The van der Waals surface area contributed by atoms with E-state index in [9.17, 15) is 18.0 Å². The van der Waals surface area contributed by atoms with E-state index in [4.69, 9.17) is 9.15 Å². The zero-order valence-corrected chi connectivity index (χ0v) is 17.1. The van der Waals surface area contributed by atoms with E-state index in [0.29, 0.717) is 28.7 Å². The molecule has 6 nitrogen and oxygen atoms in total. The van der Waals surface area contributed by atoms with Gasteiger partial charge in [-0.15, -0.1) is 0 Å². The molecule has 0 saturated heterocycles. The number of benzene rings is 1. The number of pyridine rings is 1. The Morgan fingerprint density at radius 1 is 1.16 bits per heavy atom. The number of nitrogens with zero attached hydrogens (tertiary/aromatic N) is 2. The van der Waals surface area contributed by atoms with Crippen LogP contribution in [-0.2, 0) is 6.18 Å². The van der Waals surface area contributed by atoms with Crippen molar-refractivity contribution in [2.75, 3.05) is 12.4 Å². The fourth-order valence-electron chi connectivity index (χ4n) is 3.83. The average molecular weight is 433 g/mol. The number of methoxy groups -OCH3 is 1. The summed E-state index contributed by atoms with van der Waals surface area (Å²) in [5.74, 6) is 1.15. The number of halogens is 3. The molecule has 1 aliphatic carbocycles. The summed E-state index contributed by atoms with van der Waals surface area (Å²) in [6.07, 6.45) is -0.373. The first-order chi connectivity index (χ1) is 14.7. The van der Waals surface area contributed by atoms with Crippen LogP contribution < -0.4 is 10.1 Å². The molecular weight excluding hydrogens is 411 g/mol. The Morgan fingerprint density at radius 3 is 2.58 bits per heavy atom. The van der Waals surface area contributed by atoms with Gasteiger partial charge in [0.1, 0.15) is 22.7 Å². The lowest BCUT2D eigenvalue weighted by molar-refractivity contribution is -0.141. The van der Waals surface area contributed by atoms with Gasteiger partial charge >= 0.3 is 6.18 Å². The van der Waals surface area contributed by atoms with E-state index in [-0.39, 0.29) is 17.3 Å². The largest absolute Gasteiger partial charge is 0.494 e. The molecule has 0 radical (unpaired) electrons. The fraction of sp³-hybridized carbons (Fsp3) is 0.409. The maximum atomic E-state index is 12.9. The molecule has 1 saturated carbocycles. The van der Waals surface area contributed by atoms with Gasteiger partial charge in [0.15, 0.2) is 11.5 Å². The highest BCUT2D eigenvalue weighted by molar-refractivity contribution is 6.04. The van der Waals surface area contributed by atoms with Crippen molar-refractivity contribution in [1.29, 1.82) is 0 Å². The minimum atomic E-state index is -4.64. The number of aromatic nitrogens is 2. The van der Waals surface area contributed by atoms with Gasteiger partial charge in [0, 0.05) is 18.1 Å². The SMILES string of the molecule is COc1cc2nc([C@H]3CC[C@H](C)CC3)oc2cc1NC(=O)c1cccc(C(F)(F)F)n1. The summed E-state index contributed by atoms with van der Waals surface area (Å²) in [4.78, 5) is 20.5. The van der Waals surface area contributed by atoms with Crippen LogP contribution in [0.5, 0.6) is 5.75 Å². The molecule has 3 aromatic rings. The second-order valence-electron chi connectivity index (χ2n) is 7.89. The number of fused-ring (bicyclic) bond motifs is 1. The van der Waals surface area contributed by atoms with Gasteiger partial charge in [0.25, 0.3) is 5.91 Å². The van der Waals surface area contributed by atoms with Crippen molar-refractivity contribution >= 4 is 22.7 Å². The second kappa shape index (κ2) is 8.20. The topological polar surface area (TPSA) is 77.3 Å². The van der Waals surface area contributed by atoms with Crippen LogP contribution in [0.15, 0.2) is 34.7 Å². The van der Waals surface area contributed by atoms with Gasteiger partial charge in [-0.25, -0.2) is 9.97 Å². The first kappa shape index (κ1) is 21.1. The summed E-state index contributed by atoms with van der Waals surface area (Å²) in [5, 5.41) is 2.56. The summed E-state index contributed by atoms with van der Waals surface area (Å²) in [5.41, 5.74) is -0.155. The van der Waals surface area contributed by atoms with Gasteiger partial charge in [0.2, 0.25) is 0 Å². The Kier molecular flexibility index (Phi) is 5.60. The van der Waals surface area contributed by atoms with E-state index in [0.717, 1.165) is 37.8 Å². The van der Waals surface area contributed by atoms with Gasteiger partial charge in [-0.1, -0.05) is 13.0 Å². The second-order valence-corrected chi connectivity index (χ2v) is 7.89. The third-order valence-electron chi connectivity index (χ3n) is 5.61. The van der Waals surface area contributed by atoms with E-state index < -0.39 is 17.8 Å². The summed E-state index contributed by atoms with van der Waals surface area (Å²) in [6.45, 7) is 2.24. The van der Waals surface area contributed by atoms with E-state index >= 15 is 0 Å². The standard InChI is InChI=1S/C22H22F3N3O3/c1-12-6-8-13(9-7-12)21-28-16-10-17(30-2)15(11-18(16)31-21)27-20(29)14-4-3-5-19(26-14)22(23,24)25/h3-5,10-13H,6-9H2,1-2H3,(H,27,29)/t12-,13-. The summed E-state index contributed by atoms with van der Waals surface area (Å²) in [6, 6.07) is 6.38. The Balaban J connectivity index is 1.60. The van der Waals surface area contributed by atoms with E-state index in [2.05, 4.69) is 22.2 Å². The molecule has 1 aliphatic rings. The lowest BCUT2D eigenvalue weighted by Crippen LogP contribution is -2.17. The number of hydrogen-bond acceptors (Lipinski definition) is 5. The van der Waals surface area contributed by atoms with Crippen molar-refractivity contribution in [3.63, 3.8) is 0 Å². The van der Waals surface area contributed by atoms with Crippen LogP contribution in [0.4, 0.5) is 18.9 Å². The number of alkyl halides is 3. The molecule has 1 amide bonds. The number of amides is 1. The minimum Gasteiger partial charge on any atom is -0.494 e. The Hall–Kier alpha value is -3.10. The molecule has 1 fully saturated rings. The maximum Gasteiger partial charge on any atom is 0.433 e. The molecule has 0 atom stereocenters. The van der Waals surface area contributed by atoms with Crippen LogP contribution in [-0.4, -0.2) is 23.0 Å². The van der Waals surface area contributed by atoms with Crippen LogP contribution >= 0.6 is 0 Å². The van der Waals surface area contributed by atoms with E-state index in [1.165, 1.54) is 13.2 Å². The van der Waals surface area contributed by atoms with Gasteiger partial charge in [-0.2, -0.15) is 13.2 Å². The zero-order valence-electron chi connectivity index (χ0n) is 17.1. The third-order valence-corrected chi connectivity index (χ3v) is 5.61. The van der Waals surface area contributed by atoms with Crippen LogP contribution in [0, 0.1) is 5.92 Å². The lowest BCUT2D eigenvalue weighted by atomic mass is 9.83. The van der Waals surface area contributed by atoms with Crippen molar-refractivity contribution in [2.45, 2.75) is 44.7 Å². The van der Waals surface area contributed by atoms with Gasteiger partial charge in [0.05, 0.1) is 12.8 Å². The summed E-state index contributed by atoms with van der Waals surface area (Å²) in [7, 11) is 1.43. The smallest absolute Gasteiger partial charge is 0.433 e. The van der Waals surface area contributed by atoms with Gasteiger partial charge in [-0.05, 0) is 43.7 Å². The normalized spacial score (nSPS) is 19.4. The Labute approximate surface area is 176 Å². The monoisotopic (exact) mass is 433 g/mol. The molecule has 2 aromatic heterocycles. The zero-order chi connectivity index (χ0) is 22.2. The van der Waals surface area contributed by atoms with Crippen molar-refractivity contribution in [1.82, 2.24) is 9.97 Å². The number of carbonyl (C=O) groups excluding carboxylic acids is 1. The number of ether oxygens (including phenoxy) is 1. The number of nitrogens with one attached hydrogen (secondary N) is 1. The first-order valence-electron chi connectivity index (χ1n) is 10.1. The quantitative estimate of drug-likeness (QED) is 0.563. The summed E-state index contributed by atoms with van der Waals surface area (Å²) < 4.78 is 50.0. The Bertz CT molecular complexity index is 1100. The molecule has 0 bridgehead atoms. The molecule has 1 N–H and O–H groups in total. The van der Waals surface area contributed by atoms with Crippen molar-refractivity contribution in [3.8, 4) is 5.75 Å². The van der Waals surface area contributed by atoms with Gasteiger partial charge < -0.3 is 14.5 Å². The predicted octanol–water partition coefficient (Wildman–Crippen LogP) is 5.80. The van der Waals surface area contributed by atoms with Crippen LogP contribution in [0.1, 0.15) is 60.6 Å². The van der Waals surface area contributed by atoms with Crippen molar-refractivity contribution < 1.29 is 27.1 Å². The highest BCUT2D eigenvalue weighted by Crippen LogP contribution is 2.38. The lowest BCUT2D eigenvalue weighted by Gasteiger charge is -2.23. The number of carbonyl (C=O) groups is 1. The molecule has 0 aliphatic heterocycles. The molecule has 1 aromatic carbocycles. The fourth-order valence-corrected chi connectivity index (χ4v) is 3.83. The van der Waals surface area contributed by atoms with Crippen LogP contribution in [0.2, 0.25) is 0 Å². The molecule has 0 unspecified atom stereocenters. The first-order valence-corrected chi connectivity index (χ1v) is 10.1. The average Bonchev–Trinajstić information content (AvgIpc) is 3.16. The molecule has 4 rings (SSSR count). The molecule has 2 heterocycles. The minimum absolute atomic E-state index is 0.252. The predicted molar refractivity (Wildman–Crippen MR) is 108 cm³/mol. The van der Waals surface area contributed by atoms with E-state index in [1.54, 1.807) is 12.1 Å². The number of rotatable bonds is 4. The third kappa shape index (κ3) is 4.50. The number of oxazole rings is 1. The number of hydrogen-bond donors (Lipinski definition) is 1. The molecule has 164 valence electrons. The molecule has 31 heavy (non-hydrogen) atoms. The van der Waals surface area contributed by atoms with Crippen molar-refractivity contribution in [2.24, 2.45) is 5.92 Å². The Morgan fingerprint density at radius 2 is 1.90 bits per heavy atom. The van der Waals surface area contributed by atoms with Gasteiger partial charge in [-0.3, -0.25) is 4.79 Å². The molecule has 0 spiro atoms. The summed E-state index contributed by atoms with van der Waals surface area (Å²) >= 11 is 0. The van der Waals surface area contributed by atoms with Crippen molar-refractivity contribution in [3.05, 3.63) is 47.6 Å². The molecule has 9 heteroatoms. The number of anilines is 1. The highest BCUT2D eigenvalue weighted by Gasteiger charge is 2.33. The van der Waals surface area contributed by atoms with E-state index in [1.807, 2.05) is 0 Å².